The van der Waals surface area contributed by atoms with Crippen molar-refractivity contribution in [3.05, 3.63) is 194 Å². The molecule has 2 nitrogen and oxygen atoms in total. The van der Waals surface area contributed by atoms with Crippen LogP contribution in [0.3, 0.4) is 0 Å². The van der Waals surface area contributed by atoms with E-state index in [0.717, 1.165) is 22.7 Å². The number of aromatic nitrogens is 1. The summed E-state index contributed by atoms with van der Waals surface area (Å²) in [5.74, 6) is 0. The number of hydrogen-bond donors (Lipinski definition) is 0. The summed E-state index contributed by atoms with van der Waals surface area (Å²) in [6, 6.07) is 69.9. The van der Waals surface area contributed by atoms with Gasteiger partial charge in [0.05, 0.1) is 16.7 Å². The van der Waals surface area contributed by atoms with Gasteiger partial charge in [0.1, 0.15) is 0 Å². The first-order valence-electron chi connectivity index (χ1n) is 16.4. The second kappa shape index (κ2) is 11.8. The summed E-state index contributed by atoms with van der Waals surface area (Å²) in [6.07, 6.45) is 0. The number of anilines is 3. The van der Waals surface area contributed by atoms with Gasteiger partial charge in [-0.25, -0.2) is 0 Å². The van der Waals surface area contributed by atoms with Gasteiger partial charge in [-0.05, 0) is 76.2 Å². The lowest BCUT2D eigenvalue weighted by Crippen LogP contribution is -2.10. The molecule has 226 valence electrons. The van der Waals surface area contributed by atoms with Crippen LogP contribution in [0.2, 0.25) is 0 Å². The lowest BCUT2D eigenvalue weighted by Gasteiger charge is -2.27. The topological polar surface area (TPSA) is 8.17 Å². The van der Waals surface area contributed by atoms with Crippen LogP contribution in [0.1, 0.15) is 0 Å². The number of rotatable bonds is 6. The zero-order valence-electron chi connectivity index (χ0n) is 26.4. The molecule has 0 aliphatic heterocycles. The maximum absolute atomic E-state index is 2.42. The van der Waals surface area contributed by atoms with E-state index in [1.807, 2.05) is 0 Å². The van der Waals surface area contributed by atoms with Crippen LogP contribution in [0.5, 0.6) is 0 Å². The average Bonchev–Trinajstić information content (AvgIpc) is 3.49. The van der Waals surface area contributed by atoms with Gasteiger partial charge in [-0.1, -0.05) is 146 Å². The van der Waals surface area contributed by atoms with Crippen molar-refractivity contribution in [2.45, 2.75) is 0 Å². The Hall–Kier alpha value is -6.38. The molecular formula is C46H32N2. The van der Waals surface area contributed by atoms with E-state index in [1.165, 1.54) is 54.8 Å². The van der Waals surface area contributed by atoms with Crippen molar-refractivity contribution in [3.8, 4) is 27.9 Å². The van der Waals surface area contributed by atoms with Crippen molar-refractivity contribution in [1.82, 2.24) is 4.57 Å². The average molecular weight is 613 g/mol. The summed E-state index contributed by atoms with van der Waals surface area (Å²) in [4.78, 5) is 2.40. The molecule has 0 atom stereocenters. The third-order valence-electron chi connectivity index (χ3n) is 9.37. The molecule has 1 heterocycles. The highest BCUT2D eigenvalue weighted by atomic mass is 15.1. The van der Waals surface area contributed by atoms with E-state index in [0.29, 0.717) is 0 Å². The summed E-state index contributed by atoms with van der Waals surface area (Å²) in [5.41, 5.74) is 11.7. The van der Waals surface area contributed by atoms with Crippen LogP contribution < -0.4 is 4.90 Å². The molecule has 0 bridgehead atoms. The van der Waals surface area contributed by atoms with Crippen LogP contribution >= 0.6 is 0 Å². The van der Waals surface area contributed by atoms with Crippen LogP contribution in [0.4, 0.5) is 17.1 Å². The lowest BCUT2D eigenvalue weighted by molar-refractivity contribution is 1.18. The van der Waals surface area contributed by atoms with Crippen molar-refractivity contribution in [2.24, 2.45) is 0 Å². The first kappa shape index (κ1) is 27.9. The van der Waals surface area contributed by atoms with Crippen LogP contribution in [0.25, 0.3) is 60.5 Å². The molecule has 0 unspecified atom stereocenters. The first-order valence-corrected chi connectivity index (χ1v) is 16.4. The Bertz CT molecular complexity index is 2530. The van der Waals surface area contributed by atoms with Crippen LogP contribution in [-0.4, -0.2) is 4.57 Å². The summed E-state index contributed by atoms with van der Waals surface area (Å²) < 4.78 is 2.42. The highest BCUT2D eigenvalue weighted by molar-refractivity contribution is 6.12. The zero-order chi connectivity index (χ0) is 31.9. The fourth-order valence-corrected chi connectivity index (χ4v) is 7.16. The molecule has 0 saturated carbocycles. The lowest BCUT2D eigenvalue weighted by atomic mass is 9.96. The summed E-state index contributed by atoms with van der Waals surface area (Å²) >= 11 is 0. The Kier molecular flexibility index (Phi) is 6.84. The molecule has 0 N–H and O–H groups in total. The van der Waals surface area contributed by atoms with Crippen LogP contribution in [0.15, 0.2) is 194 Å². The summed E-state index contributed by atoms with van der Waals surface area (Å²) in [7, 11) is 0. The third kappa shape index (κ3) is 4.74. The van der Waals surface area contributed by atoms with Gasteiger partial charge in [0, 0.05) is 33.2 Å². The number of para-hydroxylation sites is 2. The van der Waals surface area contributed by atoms with Gasteiger partial charge in [0.25, 0.3) is 0 Å². The fourth-order valence-electron chi connectivity index (χ4n) is 7.16. The van der Waals surface area contributed by atoms with Crippen molar-refractivity contribution in [3.63, 3.8) is 0 Å². The van der Waals surface area contributed by atoms with E-state index in [2.05, 4.69) is 204 Å². The SMILES string of the molecule is c1ccc(-c2ccc3c4ccc(N(c5ccccc5)c5ccc(-c6ccccc6)c6ccccc56)cc4n(-c4ccccc4)c3c2)cc1. The van der Waals surface area contributed by atoms with Crippen molar-refractivity contribution in [1.29, 1.82) is 0 Å². The molecule has 48 heavy (non-hydrogen) atoms. The van der Waals surface area contributed by atoms with Crippen molar-refractivity contribution < 1.29 is 0 Å². The highest BCUT2D eigenvalue weighted by Gasteiger charge is 2.20. The quantitative estimate of drug-likeness (QED) is 0.181. The normalized spacial score (nSPS) is 11.3. The predicted molar refractivity (Wildman–Crippen MR) is 204 cm³/mol. The van der Waals surface area contributed by atoms with E-state index >= 15 is 0 Å². The number of benzene rings is 8. The Morgan fingerprint density at radius 3 is 1.60 bits per heavy atom. The smallest absolute Gasteiger partial charge is 0.0561 e. The van der Waals surface area contributed by atoms with E-state index in [9.17, 15) is 0 Å². The second-order valence-corrected chi connectivity index (χ2v) is 12.2. The van der Waals surface area contributed by atoms with Gasteiger partial charge in [0.15, 0.2) is 0 Å². The molecule has 9 rings (SSSR count). The molecule has 0 saturated heterocycles. The monoisotopic (exact) mass is 612 g/mol. The van der Waals surface area contributed by atoms with E-state index in [-0.39, 0.29) is 0 Å². The first-order chi connectivity index (χ1) is 23.8. The van der Waals surface area contributed by atoms with E-state index < -0.39 is 0 Å². The molecule has 0 fully saturated rings. The molecule has 8 aromatic carbocycles. The Balaban J connectivity index is 1.30. The minimum atomic E-state index is 1.11. The van der Waals surface area contributed by atoms with Crippen molar-refractivity contribution in [2.75, 3.05) is 4.90 Å². The molecule has 0 spiro atoms. The molecule has 0 radical (unpaired) electrons. The molecule has 0 aliphatic carbocycles. The van der Waals surface area contributed by atoms with Crippen LogP contribution in [-0.2, 0) is 0 Å². The highest BCUT2D eigenvalue weighted by Crippen LogP contribution is 2.44. The van der Waals surface area contributed by atoms with Gasteiger partial charge in [-0.2, -0.15) is 0 Å². The van der Waals surface area contributed by atoms with E-state index in [1.54, 1.807) is 0 Å². The van der Waals surface area contributed by atoms with E-state index in [4.69, 9.17) is 0 Å². The fraction of sp³-hybridized carbons (Fsp3) is 0. The summed E-state index contributed by atoms with van der Waals surface area (Å²) in [6.45, 7) is 0. The minimum absolute atomic E-state index is 1.11. The Morgan fingerprint density at radius 1 is 0.333 bits per heavy atom. The predicted octanol–water partition coefficient (Wildman–Crippen LogP) is 12.7. The standard InChI is InChI=1S/C46H32N2/c1-5-15-33(16-6-1)35-25-27-42-43-28-26-38(32-46(43)48(45(42)31-35)37-21-11-4-12-22-37)47(36-19-9-3-10-20-36)44-30-29-39(34-17-7-2-8-18-34)40-23-13-14-24-41(40)44/h1-32H. The molecule has 1 aromatic heterocycles. The molecule has 0 amide bonds. The largest absolute Gasteiger partial charge is 0.310 e. The molecule has 9 aromatic rings. The molecule has 0 aliphatic rings. The number of nitrogens with zero attached hydrogens (tertiary/aromatic N) is 2. The van der Waals surface area contributed by atoms with Gasteiger partial charge in [-0.3, -0.25) is 0 Å². The van der Waals surface area contributed by atoms with Gasteiger partial charge >= 0.3 is 0 Å². The second-order valence-electron chi connectivity index (χ2n) is 12.2. The maximum atomic E-state index is 2.42. The van der Waals surface area contributed by atoms with Crippen LogP contribution in [0, 0.1) is 0 Å². The Morgan fingerprint density at radius 2 is 0.896 bits per heavy atom. The van der Waals surface area contributed by atoms with Crippen molar-refractivity contribution >= 4 is 49.6 Å². The minimum Gasteiger partial charge on any atom is -0.310 e. The molecular weight excluding hydrogens is 581 g/mol. The zero-order valence-corrected chi connectivity index (χ0v) is 26.4. The van der Waals surface area contributed by atoms with Gasteiger partial charge < -0.3 is 9.47 Å². The van der Waals surface area contributed by atoms with Gasteiger partial charge in [-0.15, -0.1) is 0 Å². The maximum Gasteiger partial charge on any atom is 0.0561 e. The number of hydrogen-bond acceptors (Lipinski definition) is 1. The number of fused-ring (bicyclic) bond motifs is 4. The van der Waals surface area contributed by atoms with Gasteiger partial charge in [0.2, 0.25) is 0 Å². The summed E-state index contributed by atoms with van der Waals surface area (Å²) in [5, 5.41) is 4.91. The third-order valence-corrected chi connectivity index (χ3v) is 9.37. The molecule has 2 heteroatoms. The Labute approximate surface area is 280 Å².